The number of rotatable bonds is 1. The number of carbonyl (C=O) groups excluding carboxylic acids is 1. The smallest absolute Gasteiger partial charge is 0.158 e. The highest BCUT2D eigenvalue weighted by atomic mass is 16.1. The van der Waals surface area contributed by atoms with E-state index in [1.807, 2.05) is 19.2 Å². The Balaban J connectivity index is 2.09. The number of para-hydroxylation sites is 1. The lowest BCUT2D eigenvalue weighted by molar-refractivity contribution is -0.116. The molecule has 1 saturated carbocycles. The predicted octanol–water partition coefficient (Wildman–Crippen LogP) is 3.70. The number of aryl methyl sites for hydroxylation is 1. The van der Waals surface area contributed by atoms with E-state index in [1.165, 1.54) is 16.5 Å². The second-order valence-electron chi connectivity index (χ2n) is 5.01. The van der Waals surface area contributed by atoms with Crippen molar-refractivity contribution in [1.29, 1.82) is 0 Å². The van der Waals surface area contributed by atoms with Crippen LogP contribution in [-0.2, 0) is 11.8 Å². The molecule has 0 radical (unpaired) electrons. The number of ketones is 1. The summed E-state index contributed by atoms with van der Waals surface area (Å²) < 4.78 is 2.12. The molecule has 1 aliphatic rings. The molecule has 2 aromatic rings. The van der Waals surface area contributed by atoms with Crippen molar-refractivity contribution >= 4 is 22.8 Å². The fraction of sp³-hybridized carbons (Fsp3) is 0.312. The molecule has 1 aromatic carbocycles. The van der Waals surface area contributed by atoms with Crippen LogP contribution in [0.2, 0.25) is 0 Å². The molecule has 0 spiro atoms. The van der Waals surface area contributed by atoms with Gasteiger partial charge in [-0.05, 0) is 37.0 Å². The Morgan fingerprint density at radius 2 is 1.94 bits per heavy atom. The average Bonchev–Trinajstić information content (AvgIpc) is 2.70. The molecule has 92 valence electrons. The van der Waals surface area contributed by atoms with Gasteiger partial charge in [-0.15, -0.1) is 0 Å². The van der Waals surface area contributed by atoms with E-state index < -0.39 is 0 Å². The summed E-state index contributed by atoms with van der Waals surface area (Å²) in [5, 5.41) is 1.23. The van der Waals surface area contributed by atoms with Gasteiger partial charge in [-0.1, -0.05) is 18.2 Å². The Hall–Kier alpha value is -1.83. The van der Waals surface area contributed by atoms with Gasteiger partial charge in [0.1, 0.15) is 0 Å². The topological polar surface area (TPSA) is 22.0 Å². The van der Waals surface area contributed by atoms with Crippen LogP contribution in [0.4, 0.5) is 0 Å². The fourth-order valence-corrected chi connectivity index (χ4v) is 2.73. The Kier molecular flexibility index (Phi) is 2.78. The third-order valence-corrected chi connectivity index (χ3v) is 3.72. The van der Waals surface area contributed by atoms with Gasteiger partial charge in [0.15, 0.2) is 5.78 Å². The van der Waals surface area contributed by atoms with Crippen molar-refractivity contribution in [2.75, 3.05) is 0 Å². The largest absolute Gasteiger partial charge is 0.350 e. The minimum Gasteiger partial charge on any atom is -0.350 e. The number of hydrogen-bond donors (Lipinski definition) is 0. The van der Waals surface area contributed by atoms with Crippen LogP contribution >= 0.6 is 0 Å². The first kappa shape index (κ1) is 11.3. The Bertz CT molecular complexity index is 634. The molecule has 0 amide bonds. The van der Waals surface area contributed by atoms with Gasteiger partial charge >= 0.3 is 0 Å². The SMILES string of the molecule is Cn1cc(C=C2CCCCC2=O)c2ccccc21. The minimum absolute atomic E-state index is 0.328. The van der Waals surface area contributed by atoms with Crippen LogP contribution in [0.3, 0.4) is 0 Å². The van der Waals surface area contributed by atoms with Crippen LogP contribution < -0.4 is 0 Å². The lowest BCUT2D eigenvalue weighted by atomic mass is 9.92. The Morgan fingerprint density at radius 3 is 2.78 bits per heavy atom. The first-order valence-corrected chi connectivity index (χ1v) is 6.53. The van der Waals surface area contributed by atoms with Crippen LogP contribution in [-0.4, -0.2) is 10.4 Å². The van der Waals surface area contributed by atoms with Gasteiger partial charge in [0.05, 0.1) is 0 Å². The summed E-state index contributed by atoms with van der Waals surface area (Å²) >= 11 is 0. The van der Waals surface area contributed by atoms with E-state index in [-0.39, 0.29) is 0 Å². The maximum Gasteiger partial charge on any atom is 0.158 e. The average molecular weight is 239 g/mol. The molecule has 0 bridgehead atoms. The molecule has 0 unspecified atom stereocenters. The van der Waals surface area contributed by atoms with Crippen molar-refractivity contribution in [2.45, 2.75) is 25.7 Å². The van der Waals surface area contributed by atoms with E-state index in [9.17, 15) is 4.79 Å². The van der Waals surface area contributed by atoms with Crippen molar-refractivity contribution in [3.8, 4) is 0 Å². The molecule has 0 aliphatic heterocycles. The molecule has 1 aliphatic carbocycles. The molecular formula is C16H17NO. The molecule has 2 nitrogen and oxygen atoms in total. The van der Waals surface area contributed by atoms with Crippen LogP contribution in [0, 0.1) is 0 Å². The van der Waals surface area contributed by atoms with Crippen LogP contribution in [0.5, 0.6) is 0 Å². The summed E-state index contributed by atoms with van der Waals surface area (Å²) in [6.45, 7) is 0. The quantitative estimate of drug-likeness (QED) is 0.695. The minimum atomic E-state index is 0.328. The number of fused-ring (bicyclic) bond motifs is 1. The lowest BCUT2D eigenvalue weighted by Crippen LogP contribution is -2.07. The molecule has 0 N–H and O–H groups in total. The molecule has 2 heteroatoms. The number of benzene rings is 1. The van der Waals surface area contributed by atoms with Gasteiger partial charge in [-0.2, -0.15) is 0 Å². The second kappa shape index (κ2) is 4.45. The molecule has 1 fully saturated rings. The maximum absolute atomic E-state index is 11.9. The highest BCUT2D eigenvalue weighted by Crippen LogP contribution is 2.26. The molecule has 1 aromatic heterocycles. The maximum atomic E-state index is 11.9. The Morgan fingerprint density at radius 1 is 1.17 bits per heavy atom. The number of carbonyl (C=O) groups is 1. The van der Waals surface area contributed by atoms with Gasteiger partial charge < -0.3 is 4.57 Å². The summed E-state index contributed by atoms with van der Waals surface area (Å²) in [4.78, 5) is 11.9. The van der Waals surface area contributed by atoms with Crippen molar-refractivity contribution in [3.05, 3.63) is 41.6 Å². The van der Waals surface area contributed by atoms with E-state index in [2.05, 4.69) is 29.0 Å². The van der Waals surface area contributed by atoms with E-state index in [1.54, 1.807) is 0 Å². The Labute approximate surface area is 107 Å². The highest BCUT2D eigenvalue weighted by Gasteiger charge is 2.15. The first-order valence-electron chi connectivity index (χ1n) is 6.53. The van der Waals surface area contributed by atoms with Crippen LogP contribution in [0.15, 0.2) is 36.0 Å². The van der Waals surface area contributed by atoms with Crippen LogP contribution in [0.25, 0.3) is 17.0 Å². The van der Waals surface area contributed by atoms with Gasteiger partial charge in [-0.25, -0.2) is 0 Å². The van der Waals surface area contributed by atoms with Crippen molar-refractivity contribution in [1.82, 2.24) is 4.57 Å². The van der Waals surface area contributed by atoms with Crippen molar-refractivity contribution in [2.24, 2.45) is 7.05 Å². The molecule has 0 saturated heterocycles. The summed E-state index contributed by atoms with van der Waals surface area (Å²) in [6.07, 6.45) is 8.04. The molecule has 3 rings (SSSR count). The van der Waals surface area contributed by atoms with Crippen molar-refractivity contribution in [3.63, 3.8) is 0 Å². The monoisotopic (exact) mass is 239 g/mol. The summed E-state index contributed by atoms with van der Waals surface area (Å²) in [5.41, 5.74) is 3.38. The predicted molar refractivity (Wildman–Crippen MR) is 74.4 cm³/mol. The zero-order chi connectivity index (χ0) is 12.5. The van der Waals surface area contributed by atoms with E-state index >= 15 is 0 Å². The molecule has 18 heavy (non-hydrogen) atoms. The molecular weight excluding hydrogens is 222 g/mol. The normalized spacial score (nSPS) is 18.7. The zero-order valence-electron chi connectivity index (χ0n) is 10.6. The van der Waals surface area contributed by atoms with Gasteiger partial charge in [0.25, 0.3) is 0 Å². The number of allylic oxidation sites excluding steroid dienone is 1. The van der Waals surface area contributed by atoms with Crippen molar-refractivity contribution < 1.29 is 4.79 Å². The number of aromatic nitrogens is 1. The summed E-state index contributed by atoms with van der Waals surface area (Å²) in [5.74, 6) is 0.328. The van der Waals surface area contributed by atoms with Gasteiger partial charge in [0, 0.05) is 36.1 Å². The first-order chi connectivity index (χ1) is 8.75. The van der Waals surface area contributed by atoms with E-state index in [4.69, 9.17) is 0 Å². The number of nitrogens with zero attached hydrogens (tertiary/aromatic N) is 1. The van der Waals surface area contributed by atoms with E-state index in [0.717, 1.165) is 31.3 Å². The number of hydrogen-bond acceptors (Lipinski definition) is 1. The second-order valence-corrected chi connectivity index (χ2v) is 5.01. The van der Waals surface area contributed by atoms with Gasteiger partial charge in [-0.3, -0.25) is 4.79 Å². The molecule has 1 heterocycles. The zero-order valence-corrected chi connectivity index (χ0v) is 10.6. The molecule has 0 atom stereocenters. The fourth-order valence-electron chi connectivity index (χ4n) is 2.73. The highest BCUT2D eigenvalue weighted by molar-refractivity contribution is 6.02. The summed E-state index contributed by atoms with van der Waals surface area (Å²) in [6, 6.07) is 8.33. The van der Waals surface area contributed by atoms with E-state index in [0.29, 0.717) is 5.78 Å². The standard InChI is InChI=1S/C16H17NO/c1-17-11-13(14-7-3-4-8-15(14)17)10-12-6-2-5-9-16(12)18/h3-4,7-8,10-11H,2,5-6,9H2,1H3. The number of Topliss-reactive ketones (excluding diaryl/α,β-unsaturated/α-hetero) is 1. The van der Waals surface area contributed by atoms with Gasteiger partial charge in [0.2, 0.25) is 0 Å². The third-order valence-electron chi connectivity index (χ3n) is 3.72. The summed E-state index contributed by atoms with van der Waals surface area (Å²) in [7, 11) is 2.05. The van der Waals surface area contributed by atoms with Crippen LogP contribution in [0.1, 0.15) is 31.2 Å². The lowest BCUT2D eigenvalue weighted by Gasteiger charge is -2.11. The third kappa shape index (κ3) is 1.88.